The Morgan fingerprint density at radius 3 is 2.88 bits per heavy atom. The highest BCUT2D eigenvalue weighted by atomic mass is 16.5. The molecule has 2 aromatic rings. The fourth-order valence-corrected chi connectivity index (χ4v) is 3.39. The SMILES string of the molecule is Cc1cc(C)n(CC2CCCN2C(=O)CCCc2nc(C)no2)n1. The van der Waals surface area contributed by atoms with Gasteiger partial charge in [0.25, 0.3) is 0 Å². The Hall–Kier alpha value is -2.18. The first-order chi connectivity index (χ1) is 11.5. The van der Waals surface area contributed by atoms with Gasteiger partial charge in [0.1, 0.15) is 0 Å². The maximum atomic E-state index is 12.6. The standard InChI is InChI=1S/C17H25N5O2/c1-12-10-13(2)22(19-12)11-15-6-5-9-21(15)17(23)8-4-7-16-18-14(3)20-24-16/h10,15H,4-9,11H2,1-3H3. The molecule has 3 rings (SSSR count). The second-order valence-corrected chi connectivity index (χ2v) is 6.58. The highest BCUT2D eigenvalue weighted by Gasteiger charge is 2.29. The van der Waals surface area contributed by atoms with Crippen LogP contribution in [0, 0.1) is 20.8 Å². The van der Waals surface area contributed by atoms with E-state index in [-0.39, 0.29) is 11.9 Å². The molecule has 1 atom stereocenters. The summed E-state index contributed by atoms with van der Waals surface area (Å²) >= 11 is 0. The molecule has 1 aliphatic heterocycles. The van der Waals surface area contributed by atoms with Gasteiger partial charge in [-0.05, 0) is 46.1 Å². The maximum Gasteiger partial charge on any atom is 0.226 e. The summed E-state index contributed by atoms with van der Waals surface area (Å²) in [7, 11) is 0. The lowest BCUT2D eigenvalue weighted by molar-refractivity contribution is -0.132. The summed E-state index contributed by atoms with van der Waals surface area (Å²) < 4.78 is 7.11. The van der Waals surface area contributed by atoms with E-state index in [4.69, 9.17) is 4.52 Å². The van der Waals surface area contributed by atoms with Crippen molar-refractivity contribution in [3.05, 3.63) is 29.2 Å². The van der Waals surface area contributed by atoms with Crippen molar-refractivity contribution in [2.45, 2.75) is 65.5 Å². The van der Waals surface area contributed by atoms with E-state index < -0.39 is 0 Å². The van der Waals surface area contributed by atoms with Gasteiger partial charge in [-0.3, -0.25) is 9.48 Å². The number of aromatic nitrogens is 4. The minimum absolute atomic E-state index is 0.218. The van der Waals surface area contributed by atoms with Crippen molar-refractivity contribution in [3.8, 4) is 0 Å². The maximum absolute atomic E-state index is 12.6. The Morgan fingerprint density at radius 2 is 2.21 bits per heavy atom. The Kier molecular flexibility index (Phi) is 4.97. The summed E-state index contributed by atoms with van der Waals surface area (Å²) in [6.45, 7) is 7.50. The van der Waals surface area contributed by atoms with Crippen molar-refractivity contribution in [1.29, 1.82) is 0 Å². The highest BCUT2D eigenvalue weighted by Crippen LogP contribution is 2.21. The summed E-state index contributed by atoms with van der Waals surface area (Å²) in [5.74, 6) is 1.47. The van der Waals surface area contributed by atoms with Crippen LogP contribution in [0.4, 0.5) is 0 Å². The lowest BCUT2D eigenvalue weighted by atomic mass is 10.2. The van der Waals surface area contributed by atoms with E-state index in [0.29, 0.717) is 24.6 Å². The zero-order chi connectivity index (χ0) is 17.1. The van der Waals surface area contributed by atoms with E-state index in [1.165, 1.54) is 0 Å². The molecule has 0 bridgehead atoms. The third-order valence-corrected chi connectivity index (χ3v) is 4.54. The van der Waals surface area contributed by atoms with Crippen LogP contribution in [0.3, 0.4) is 0 Å². The monoisotopic (exact) mass is 331 g/mol. The van der Waals surface area contributed by atoms with Crippen molar-refractivity contribution >= 4 is 5.91 Å². The fraction of sp³-hybridized carbons (Fsp3) is 0.647. The number of rotatable bonds is 6. The summed E-state index contributed by atoms with van der Waals surface area (Å²) in [6, 6.07) is 2.33. The Labute approximate surface area is 142 Å². The summed E-state index contributed by atoms with van der Waals surface area (Å²) in [4.78, 5) is 18.8. The van der Waals surface area contributed by atoms with E-state index in [9.17, 15) is 4.79 Å². The molecular formula is C17H25N5O2. The average Bonchev–Trinajstić information content (AvgIpc) is 3.22. The average molecular weight is 331 g/mol. The minimum Gasteiger partial charge on any atom is -0.339 e. The fourth-order valence-electron chi connectivity index (χ4n) is 3.39. The molecule has 0 aromatic carbocycles. The molecule has 1 fully saturated rings. The number of aryl methyl sites for hydroxylation is 4. The molecule has 0 radical (unpaired) electrons. The molecule has 7 heteroatoms. The van der Waals surface area contributed by atoms with Gasteiger partial charge < -0.3 is 9.42 Å². The second-order valence-electron chi connectivity index (χ2n) is 6.58. The third-order valence-electron chi connectivity index (χ3n) is 4.54. The van der Waals surface area contributed by atoms with Gasteiger partial charge in [-0.15, -0.1) is 0 Å². The number of carbonyl (C=O) groups excluding carboxylic acids is 1. The van der Waals surface area contributed by atoms with E-state index in [1.807, 2.05) is 16.5 Å². The predicted molar refractivity (Wildman–Crippen MR) is 88.4 cm³/mol. The van der Waals surface area contributed by atoms with Gasteiger partial charge in [0.2, 0.25) is 11.8 Å². The van der Waals surface area contributed by atoms with Gasteiger partial charge in [-0.25, -0.2) is 0 Å². The zero-order valence-corrected chi connectivity index (χ0v) is 14.7. The lowest BCUT2D eigenvalue weighted by Crippen LogP contribution is -2.38. The molecule has 0 spiro atoms. The van der Waals surface area contributed by atoms with Crippen LogP contribution in [0.5, 0.6) is 0 Å². The van der Waals surface area contributed by atoms with Crippen LogP contribution < -0.4 is 0 Å². The second kappa shape index (κ2) is 7.15. The van der Waals surface area contributed by atoms with Crippen molar-refractivity contribution in [2.24, 2.45) is 0 Å². The number of carbonyl (C=O) groups is 1. The Bertz CT molecular complexity index is 706. The quantitative estimate of drug-likeness (QED) is 0.811. The number of hydrogen-bond acceptors (Lipinski definition) is 5. The molecule has 0 N–H and O–H groups in total. The van der Waals surface area contributed by atoms with Crippen LogP contribution in [0.15, 0.2) is 10.6 Å². The van der Waals surface area contributed by atoms with E-state index in [2.05, 4.69) is 28.2 Å². The van der Waals surface area contributed by atoms with Crippen molar-refractivity contribution < 1.29 is 9.32 Å². The van der Waals surface area contributed by atoms with Crippen LogP contribution in [0.1, 0.15) is 48.8 Å². The zero-order valence-electron chi connectivity index (χ0n) is 14.7. The van der Waals surface area contributed by atoms with Crippen molar-refractivity contribution in [3.63, 3.8) is 0 Å². The molecular weight excluding hydrogens is 306 g/mol. The molecule has 24 heavy (non-hydrogen) atoms. The highest BCUT2D eigenvalue weighted by molar-refractivity contribution is 5.76. The van der Waals surface area contributed by atoms with E-state index in [1.54, 1.807) is 6.92 Å². The van der Waals surface area contributed by atoms with Crippen molar-refractivity contribution in [2.75, 3.05) is 6.54 Å². The van der Waals surface area contributed by atoms with Gasteiger partial charge in [0, 0.05) is 25.1 Å². The van der Waals surface area contributed by atoms with Crippen molar-refractivity contribution in [1.82, 2.24) is 24.8 Å². The number of amides is 1. The predicted octanol–water partition coefficient (Wildman–Crippen LogP) is 2.21. The van der Waals surface area contributed by atoms with E-state index in [0.717, 1.165) is 43.7 Å². The molecule has 2 aromatic heterocycles. The van der Waals surface area contributed by atoms with Gasteiger partial charge in [0.05, 0.1) is 18.3 Å². The van der Waals surface area contributed by atoms with Gasteiger partial charge in [-0.1, -0.05) is 5.16 Å². The Morgan fingerprint density at radius 1 is 1.38 bits per heavy atom. The molecule has 0 aliphatic carbocycles. The summed E-state index contributed by atoms with van der Waals surface area (Å²) in [5, 5.41) is 8.29. The lowest BCUT2D eigenvalue weighted by Gasteiger charge is -2.25. The molecule has 0 saturated carbocycles. The number of hydrogen-bond donors (Lipinski definition) is 0. The molecule has 1 saturated heterocycles. The first kappa shape index (κ1) is 16.7. The molecule has 7 nitrogen and oxygen atoms in total. The molecule has 1 unspecified atom stereocenters. The van der Waals surface area contributed by atoms with Crippen LogP contribution in [0.2, 0.25) is 0 Å². The number of likely N-dealkylation sites (tertiary alicyclic amines) is 1. The summed E-state index contributed by atoms with van der Waals surface area (Å²) in [6.07, 6.45) is 4.03. The third kappa shape index (κ3) is 3.83. The topological polar surface area (TPSA) is 77.0 Å². The molecule has 3 heterocycles. The largest absolute Gasteiger partial charge is 0.339 e. The minimum atomic E-state index is 0.218. The van der Waals surface area contributed by atoms with Crippen LogP contribution in [-0.4, -0.2) is 43.3 Å². The molecule has 1 aliphatic rings. The summed E-state index contributed by atoms with van der Waals surface area (Å²) in [5.41, 5.74) is 2.18. The van der Waals surface area contributed by atoms with Crippen LogP contribution in [-0.2, 0) is 17.8 Å². The number of nitrogens with zero attached hydrogens (tertiary/aromatic N) is 5. The van der Waals surface area contributed by atoms with Gasteiger partial charge in [0.15, 0.2) is 5.82 Å². The van der Waals surface area contributed by atoms with E-state index >= 15 is 0 Å². The van der Waals surface area contributed by atoms with Crippen LogP contribution >= 0.6 is 0 Å². The van der Waals surface area contributed by atoms with Crippen LogP contribution in [0.25, 0.3) is 0 Å². The van der Waals surface area contributed by atoms with Gasteiger partial charge >= 0.3 is 0 Å². The Balaban J connectivity index is 1.52. The first-order valence-corrected chi connectivity index (χ1v) is 8.62. The van der Waals surface area contributed by atoms with Gasteiger partial charge in [-0.2, -0.15) is 10.1 Å². The molecule has 1 amide bonds. The normalized spacial score (nSPS) is 17.6. The first-order valence-electron chi connectivity index (χ1n) is 8.62. The smallest absolute Gasteiger partial charge is 0.226 e. The molecule has 130 valence electrons.